The number of hydrogen-bond donors (Lipinski definition) is 2. The lowest BCUT2D eigenvalue weighted by Crippen LogP contribution is -2.50. The van der Waals surface area contributed by atoms with E-state index in [1.807, 2.05) is 0 Å². The van der Waals surface area contributed by atoms with Gasteiger partial charge in [0.1, 0.15) is 6.04 Å². The minimum absolute atomic E-state index is 0.0228. The van der Waals surface area contributed by atoms with Gasteiger partial charge in [0.15, 0.2) is 6.61 Å². The number of amides is 2. The number of carbonyl (C=O) groups excluding carboxylic acids is 3. The summed E-state index contributed by atoms with van der Waals surface area (Å²) < 4.78 is 5.27. The minimum Gasteiger partial charge on any atom is -0.452 e. The topological polar surface area (TPSA) is 87.7 Å². The first-order valence-corrected chi connectivity index (χ1v) is 20.6. The second-order valence-electron chi connectivity index (χ2n) is 12.8. The van der Waals surface area contributed by atoms with Crippen LogP contribution in [0, 0.1) is 17.8 Å². The van der Waals surface area contributed by atoms with Gasteiger partial charge in [0.05, 0.1) is 6.42 Å². The van der Waals surface area contributed by atoms with Crippen molar-refractivity contribution < 1.29 is 19.1 Å². The van der Waals surface area contributed by atoms with Gasteiger partial charge in [0.2, 0.25) is 11.8 Å². The van der Waals surface area contributed by atoms with Crippen LogP contribution in [0.3, 0.4) is 0 Å². The predicted molar refractivity (Wildman–Crippen MR) is 202 cm³/mol. The third-order valence-electron chi connectivity index (χ3n) is 8.77. The van der Waals surface area contributed by atoms with Crippen molar-refractivity contribution in [1.29, 1.82) is 0 Å². The highest BCUT2D eigenvalue weighted by molar-refractivity contribution is 7.99. The van der Waals surface area contributed by atoms with E-state index in [4.69, 9.17) is 4.74 Å². The number of thioether (sulfide) groups is 1. The molecule has 274 valence electrons. The Hall–Kier alpha value is -1.72. The van der Waals surface area contributed by atoms with Gasteiger partial charge >= 0.3 is 5.97 Å². The van der Waals surface area contributed by atoms with Gasteiger partial charge < -0.3 is 20.3 Å². The van der Waals surface area contributed by atoms with Gasteiger partial charge in [0, 0.05) is 31.2 Å². The second-order valence-corrected chi connectivity index (χ2v) is 14.0. The first-order valence-electron chi connectivity index (χ1n) is 19.4. The first kappa shape index (κ1) is 45.3. The molecule has 2 unspecified atom stereocenters. The number of nitrogens with one attached hydrogen (secondary N) is 2. The SMILES string of the molecule is CCCCCCCC#CCOC(=O)CCSCCC(NC(=O)C(CCCCCC)CCCCCCCC)C(=O)NCCN(CC)CC. The van der Waals surface area contributed by atoms with Gasteiger partial charge in [-0.1, -0.05) is 136 Å². The molecule has 2 atom stereocenters. The molecule has 0 fully saturated rings. The number of unbranched alkanes of at least 4 members (excludes halogenated alkanes) is 13. The van der Waals surface area contributed by atoms with Crippen molar-refractivity contribution in [2.75, 3.05) is 44.3 Å². The molecular weight excluding hydrogens is 607 g/mol. The summed E-state index contributed by atoms with van der Waals surface area (Å²) in [5.41, 5.74) is 0. The number of esters is 1. The number of likely N-dealkylation sites (N-methyl/N-ethyl adjacent to an activating group) is 1. The normalized spacial score (nSPS) is 12.3. The molecule has 2 N–H and O–H groups in total. The summed E-state index contributed by atoms with van der Waals surface area (Å²) in [5.74, 6) is 6.97. The summed E-state index contributed by atoms with van der Waals surface area (Å²) in [4.78, 5) is 41.3. The highest BCUT2D eigenvalue weighted by atomic mass is 32.2. The van der Waals surface area contributed by atoms with E-state index in [9.17, 15) is 14.4 Å². The average Bonchev–Trinajstić information content (AvgIpc) is 3.07. The van der Waals surface area contributed by atoms with E-state index in [1.54, 1.807) is 11.8 Å². The minimum atomic E-state index is -0.571. The molecule has 0 aromatic rings. The molecule has 0 aliphatic carbocycles. The summed E-state index contributed by atoms with van der Waals surface area (Å²) >= 11 is 1.62. The highest BCUT2D eigenvalue weighted by Gasteiger charge is 2.25. The highest BCUT2D eigenvalue weighted by Crippen LogP contribution is 2.20. The maximum Gasteiger partial charge on any atom is 0.307 e. The zero-order valence-corrected chi connectivity index (χ0v) is 32.1. The van der Waals surface area contributed by atoms with E-state index in [0.717, 1.165) is 64.6 Å². The van der Waals surface area contributed by atoms with E-state index in [1.165, 1.54) is 70.6 Å². The fourth-order valence-electron chi connectivity index (χ4n) is 5.56. The molecule has 47 heavy (non-hydrogen) atoms. The Morgan fingerprint density at radius 1 is 0.681 bits per heavy atom. The zero-order chi connectivity index (χ0) is 34.8. The zero-order valence-electron chi connectivity index (χ0n) is 31.2. The maximum absolute atomic E-state index is 13.6. The molecule has 0 rings (SSSR count). The van der Waals surface area contributed by atoms with Crippen molar-refractivity contribution in [3.8, 4) is 11.8 Å². The van der Waals surface area contributed by atoms with Crippen LogP contribution in [0.1, 0.15) is 163 Å². The Balaban J connectivity index is 4.92. The molecule has 0 aromatic carbocycles. The lowest BCUT2D eigenvalue weighted by atomic mass is 9.93. The lowest BCUT2D eigenvalue weighted by molar-refractivity contribution is -0.141. The molecule has 8 heteroatoms. The van der Waals surface area contributed by atoms with Gasteiger partial charge in [-0.15, -0.1) is 0 Å². The summed E-state index contributed by atoms with van der Waals surface area (Å²) in [6.07, 6.45) is 21.4. The van der Waals surface area contributed by atoms with Gasteiger partial charge in [-0.3, -0.25) is 14.4 Å². The molecule has 0 spiro atoms. The third-order valence-corrected chi connectivity index (χ3v) is 9.79. The molecule has 0 aliphatic heterocycles. The van der Waals surface area contributed by atoms with Crippen LogP contribution in [0.15, 0.2) is 0 Å². The van der Waals surface area contributed by atoms with Crippen LogP contribution < -0.4 is 10.6 Å². The van der Waals surface area contributed by atoms with Crippen LogP contribution in [0.4, 0.5) is 0 Å². The van der Waals surface area contributed by atoms with Crippen molar-refractivity contribution >= 4 is 29.5 Å². The second kappa shape index (κ2) is 34.2. The Morgan fingerprint density at radius 3 is 1.87 bits per heavy atom. The third kappa shape index (κ3) is 27.9. The van der Waals surface area contributed by atoms with Crippen LogP contribution in [0.2, 0.25) is 0 Å². The van der Waals surface area contributed by atoms with Crippen molar-refractivity contribution in [1.82, 2.24) is 15.5 Å². The quantitative estimate of drug-likeness (QED) is 0.0420. The van der Waals surface area contributed by atoms with Crippen molar-refractivity contribution in [3.05, 3.63) is 0 Å². The van der Waals surface area contributed by atoms with E-state index < -0.39 is 6.04 Å². The van der Waals surface area contributed by atoms with Crippen LogP contribution in [-0.2, 0) is 19.1 Å². The Labute approximate surface area is 294 Å². The summed E-state index contributed by atoms with van der Waals surface area (Å²) in [6.45, 7) is 14.3. The molecule has 0 heterocycles. The van der Waals surface area contributed by atoms with Gasteiger partial charge in [-0.05, 0) is 44.5 Å². The van der Waals surface area contributed by atoms with Gasteiger partial charge in [-0.25, -0.2) is 0 Å². The number of nitrogens with zero attached hydrogens (tertiary/aromatic N) is 1. The van der Waals surface area contributed by atoms with Gasteiger partial charge in [0.25, 0.3) is 0 Å². The first-order chi connectivity index (χ1) is 22.9. The van der Waals surface area contributed by atoms with Crippen molar-refractivity contribution in [3.63, 3.8) is 0 Å². The fourth-order valence-corrected chi connectivity index (χ4v) is 6.48. The standard InChI is InChI=1S/C39H73N3O4S/c1-6-11-14-17-19-20-22-25-32-46-37(43)29-34-47-33-28-36(39(45)40-30-31-42(9-4)10-5)41-38(44)35(26-23-16-13-8-3)27-24-21-18-15-12-7-2/h35-36H,6-21,23-24,26-34H2,1-5H3,(H,40,45)(H,41,44). The van der Waals surface area contributed by atoms with E-state index >= 15 is 0 Å². The van der Waals surface area contributed by atoms with E-state index in [0.29, 0.717) is 30.9 Å². The average molecular weight is 680 g/mol. The number of hydrogen-bond acceptors (Lipinski definition) is 6. The molecule has 2 amide bonds. The van der Waals surface area contributed by atoms with Crippen molar-refractivity contribution in [2.24, 2.45) is 5.92 Å². The van der Waals surface area contributed by atoms with Crippen molar-refractivity contribution in [2.45, 2.75) is 169 Å². The Kier molecular flexibility index (Phi) is 32.9. The molecule has 0 saturated carbocycles. The largest absolute Gasteiger partial charge is 0.452 e. The monoisotopic (exact) mass is 680 g/mol. The van der Waals surface area contributed by atoms with Crippen LogP contribution in [0.25, 0.3) is 0 Å². The van der Waals surface area contributed by atoms with Crippen LogP contribution in [-0.4, -0.2) is 73.0 Å². The number of rotatable bonds is 32. The summed E-state index contributed by atoms with van der Waals surface area (Å²) in [6, 6.07) is -0.571. The van der Waals surface area contributed by atoms with Gasteiger partial charge in [-0.2, -0.15) is 11.8 Å². The molecule has 0 aliphatic rings. The molecule has 0 saturated heterocycles. The van der Waals surface area contributed by atoms with Crippen LogP contribution >= 0.6 is 11.8 Å². The Bertz CT molecular complexity index is 825. The summed E-state index contributed by atoms with van der Waals surface area (Å²) in [7, 11) is 0. The number of ether oxygens (including phenoxy) is 1. The maximum atomic E-state index is 13.6. The predicted octanol–water partition coefficient (Wildman–Crippen LogP) is 8.69. The molecule has 0 aromatic heterocycles. The lowest BCUT2D eigenvalue weighted by Gasteiger charge is -2.24. The molecule has 7 nitrogen and oxygen atoms in total. The molecular formula is C39H73N3O4S. The smallest absolute Gasteiger partial charge is 0.307 e. The van der Waals surface area contributed by atoms with E-state index in [-0.39, 0.29) is 30.3 Å². The molecule has 0 bridgehead atoms. The molecule has 0 radical (unpaired) electrons. The fraction of sp³-hybridized carbons (Fsp3) is 0.872. The Morgan fingerprint density at radius 2 is 1.26 bits per heavy atom. The number of carbonyl (C=O) groups is 3. The van der Waals surface area contributed by atoms with E-state index in [2.05, 4.69) is 62.0 Å². The summed E-state index contributed by atoms with van der Waals surface area (Å²) in [5, 5.41) is 6.23. The van der Waals surface area contributed by atoms with Crippen LogP contribution in [0.5, 0.6) is 0 Å².